The Labute approximate surface area is 156 Å². The fourth-order valence-corrected chi connectivity index (χ4v) is 3.09. The van der Waals surface area contributed by atoms with Gasteiger partial charge in [-0.15, -0.1) is 0 Å². The molecule has 1 heterocycles. The molecular weight excluding hydrogens is 320 g/mol. The van der Waals surface area contributed by atoms with Gasteiger partial charge in [-0.05, 0) is 62.3 Å². The van der Waals surface area contributed by atoms with E-state index in [4.69, 9.17) is 9.40 Å². The number of benzene rings is 1. The van der Waals surface area contributed by atoms with Crippen LogP contribution in [0.15, 0.2) is 64.8 Å². The van der Waals surface area contributed by atoms with Gasteiger partial charge in [0.15, 0.2) is 0 Å². The van der Waals surface area contributed by atoms with Crippen molar-refractivity contribution in [1.29, 1.82) is 0 Å². The molecule has 0 unspecified atom stereocenters. The number of rotatable bonds is 9. The van der Waals surface area contributed by atoms with Crippen molar-refractivity contribution >= 4 is 0 Å². The first-order valence-corrected chi connectivity index (χ1v) is 9.47. The SMILES string of the molecule is C=C(CCCc1nc(-c2ccc(CC)cc2)oc1C)NCC1=CC=CC1. The zero-order valence-corrected chi connectivity index (χ0v) is 15.8. The van der Waals surface area contributed by atoms with Crippen LogP contribution in [0, 0.1) is 6.92 Å². The summed E-state index contributed by atoms with van der Waals surface area (Å²) in [6, 6.07) is 8.46. The average molecular weight is 348 g/mol. The lowest BCUT2D eigenvalue weighted by molar-refractivity contribution is 0.538. The molecule has 136 valence electrons. The van der Waals surface area contributed by atoms with E-state index in [1.807, 2.05) is 6.92 Å². The molecule has 26 heavy (non-hydrogen) atoms. The van der Waals surface area contributed by atoms with E-state index < -0.39 is 0 Å². The van der Waals surface area contributed by atoms with Crippen LogP contribution in [-0.4, -0.2) is 11.5 Å². The van der Waals surface area contributed by atoms with E-state index in [0.29, 0.717) is 0 Å². The first kappa shape index (κ1) is 18.2. The van der Waals surface area contributed by atoms with Crippen molar-refractivity contribution in [1.82, 2.24) is 10.3 Å². The minimum atomic E-state index is 0.720. The van der Waals surface area contributed by atoms with E-state index in [1.165, 1.54) is 11.1 Å². The average Bonchev–Trinajstić information content (AvgIpc) is 3.30. The second-order valence-electron chi connectivity index (χ2n) is 6.84. The molecule has 3 nitrogen and oxygen atoms in total. The number of hydrogen-bond donors (Lipinski definition) is 1. The van der Waals surface area contributed by atoms with E-state index in [9.17, 15) is 0 Å². The lowest BCUT2D eigenvalue weighted by Crippen LogP contribution is -2.15. The molecule has 1 aliphatic carbocycles. The van der Waals surface area contributed by atoms with Gasteiger partial charge in [0.2, 0.25) is 5.89 Å². The van der Waals surface area contributed by atoms with Gasteiger partial charge in [-0.3, -0.25) is 0 Å². The molecule has 1 aromatic heterocycles. The van der Waals surface area contributed by atoms with E-state index in [2.05, 4.69) is 61.3 Å². The van der Waals surface area contributed by atoms with Crippen LogP contribution < -0.4 is 5.32 Å². The third kappa shape index (κ3) is 4.75. The largest absolute Gasteiger partial charge is 0.441 e. The first-order chi connectivity index (χ1) is 12.7. The van der Waals surface area contributed by atoms with Crippen molar-refractivity contribution in [3.63, 3.8) is 0 Å². The monoisotopic (exact) mass is 348 g/mol. The van der Waals surface area contributed by atoms with Crippen molar-refractivity contribution in [2.75, 3.05) is 6.54 Å². The van der Waals surface area contributed by atoms with Crippen LogP contribution in [0.3, 0.4) is 0 Å². The maximum atomic E-state index is 5.88. The molecule has 0 atom stereocenters. The summed E-state index contributed by atoms with van der Waals surface area (Å²) in [5.74, 6) is 1.64. The Bertz CT molecular complexity index is 809. The molecule has 3 rings (SSSR count). The quantitative estimate of drug-likeness (QED) is 0.648. The van der Waals surface area contributed by atoms with Crippen LogP contribution in [0.4, 0.5) is 0 Å². The van der Waals surface area contributed by atoms with Crippen molar-refractivity contribution in [2.24, 2.45) is 0 Å². The second kappa shape index (κ2) is 8.70. The lowest BCUT2D eigenvalue weighted by atomic mass is 10.1. The zero-order chi connectivity index (χ0) is 18.4. The summed E-state index contributed by atoms with van der Waals surface area (Å²) in [7, 11) is 0. The first-order valence-electron chi connectivity index (χ1n) is 9.47. The third-order valence-corrected chi connectivity index (χ3v) is 4.81. The Morgan fingerprint density at radius 3 is 2.77 bits per heavy atom. The predicted octanol–water partition coefficient (Wildman–Crippen LogP) is 5.52. The van der Waals surface area contributed by atoms with Crippen LogP contribution in [0.1, 0.15) is 43.2 Å². The molecule has 0 amide bonds. The lowest BCUT2D eigenvalue weighted by Gasteiger charge is -2.09. The molecule has 0 saturated heterocycles. The summed E-state index contributed by atoms with van der Waals surface area (Å²) in [6.45, 7) is 9.19. The highest BCUT2D eigenvalue weighted by Gasteiger charge is 2.11. The third-order valence-electron chi connectivity index (χ3n) is 4.81. The Balaban J connectivity index is 1.48. The van der Waals surface area contributed by atoms with Gasteiger partial charge in [0.25, 0.3) is 0 Å². The molecule has 0 aliphatic heterocycles. The number of aryl methyl sites for hydroxylation is 3. The highest BCUT2D eigenvalue weighted by Crippen LogP contribution is 2.23. The topological polar surface area (TPSA) is 38.1 Å². The van der Waals surface area contributed by atoms with E-state index >= 15 is 0 Å². The van der Waals surface area contributed by atoms with Gasteiger partial charge < -0.3 is 9.73 Å². The van der Waals surface area contributed by atoms with Gasteiger partial charge in [-0.25, -0.2) is 4.98 Å². The van der Waals surface area contributed by atoms with Gasteiger partial charge in [-0.2, -0.15) is 0 Å². The Morgan fingerprint density at radius 2 is 2.08 bits per heavy atom. The van der Waals surface area contributed by atoms with Crippen LogP contribution in [0.2, 0.25) is 0 Å². The van der Waals surface area contributed by atoms with Crippen molar-refractivity contribution < 1.29 is 4.42 Å². The van der Waals surface area contributed by atoms with E-state index in [1.54, 1.807) is 0 Å². The summed E-state index contributed by atoms with van der Waals surface area (Å²) in [6.07, 6.45) is 11.4. The van der Waals surface area contributed by atoms with Crippen molar-refractivity contribution in [3.05, 3.63) is 77.4 Å². The summed E-state index contributed by atoms with van der Waals surface area (Å²) in [5.41, 5.74) is 5.93. The normalized spacial score (nSPS) is 13.1. The number of hydrogen-bond acceptors (Lipinski definition) is 3. The maximum absolute atomic E-state index is 5.88. The van der Waals surface area contributed by atoms with E-state index in [-0.39, 0.29) is 0 Å². The Hall–Kier alpha value is -2.55. The maximum Gasteiger partial charge on any atom is 0.226 e. The number of aromatic nitrogens is 1. The van der Waals surface area contributed by atoms with Gasteiger partial charge in [0.05, 0.1) is 5.69 Å². The molecule has 0 radical (unpaired) electrons. The van der Waals surface area contributed by atoms with Crippen LogP contribution in [0.25, 0.3) is 11.5 Å². The van der Waals surface area contributed by atoms with Crippen LogP contribution in [-0.2, 0) is 12.8 Å². The molecule has 0 saturated carbocycles. The van der Waals surface area contributed by atoms with Crippen molar-refractivity contribution in [3.8, 4) is 11.5 Å². The van der Waals surface area contributed by atoms with Crippen LogP contribution in [0.5, 0.6) is 0 Å². The smallest absolute Gasteiger partial charge is 0.226 e. The minimum absolute atomic E-state index is 0.720. The molecule has 1 aromatic carbocycles. The van der Waals surface area contributed by atoms with Gasteiger partial charge >= 0.3 is 0 Å². The number of nitrogens with zero attached hydrogens (tertiary/aromatic N) is 1. The van der Waals surface area contributed by atoms with Gasteiger partial charge in [0.1, 0.15) is 5.76 Å². The molecule has 2 aromatic rings. The summed E-state index contributed by atoms with van der Waals surface area (Å²) < 4.78 is 5.88. The summed E-state index contributed by atoms with van der Waals surface area (Å²) in [4.78, 5) is 4.71. The van der Waals surface area contributed by atoms with E-state index in [0.717, 1.165) is 67.3 Å². The van der Waals surface area contributed by atoms with Crippen molar-refractivity contribution in [2.45, 2.75) is 46.0 Å². The van der Waals surface area contributed by atoms with Gasteiger partial charge in [0, 0.05) is 17.8 Å². The predicted molar refractivity (Wildman–Crippen MR) is 108 cm³/mol. The van der Waals surface area contributed by atoms with Crippen LogP contribution >= 0.6 is 0 Å². The fourth-order valence-electron chi connectivity index (χ4n) is 3.09. The fraction of sp³-hybridized carbons (Fsp3) is 0.348. The molecule has 1 N–H and O–H groups in total. The standard InChI is InChI=1S/C23H28N2O/c1-4-19-12-14-21(15-13-19)23-25-22(18(3)26-23)11-7-8-17(2)24-16-20-9-5-6-10-20/h5-6,9,12-15,24H,2,4,7-8,10-11,16H2,1,3H3. The summed E-state index contributed by atoms with van der Waals surface area (Å²) >= 11 is 0. The summed E-state index contributed by atoms with van der Waals surface area (Å²) in [5, 5.41) is 3.42. The number of nitrogens with one attached hydrogen (secondary N) is 1. The molecule has 0 fully saturated rings. The molecule has 3 heteroatoms. The molecule has 0 spiro atoms. The minimum Gasteiger partial charge on any atom is -0.441 e. The molecule has 1 aliphatic rings. The number of allylic oxidation sites excluding steroid dienone is 4. The zero-order valence-electron chi connectivity index (χ0n) is 15.8. The number of oxazole rings is 1. The molecular formula is C23H28N2O. The highest BCUT2D eigenvalue weighted by atomic mass is 16.4. The Morgan fingerprint density at radius 1 is 1.27 bits per heavy atom. The highest BCUT2D eigenvalue weighted by molar-refractivity contribution is 5.54. The second-order valence-corrected chi connectivity index (χ2v) is 6.84. The molecule has 0 bridgehead atoms. The van der Waals surface area contributed by atoms with Gasteiger partial charge in [-0.1, -0.05) is 43.9 Å². The Kier molecular flexibility index (Phi) is 6.11.